The molecule has 6 heteroatoms. The molecule has 21 heavy (non-hydrogen) atoms. The average Bonchev–Trinajstić information content (AvgIpc) is 2.42. The molecule has 0 aliphatic rings. The van der Waals surface area contributed by atoms with Gasteiger partial charge in [0.25, 0.3) is 5.91 Å². The third kappa shape index (κ3) is 3.98. The number of hydrogen-bond donors (Lipinski definition) is 2. The van der Waals surface area contributed by atoms with Crippen LogP contribution in [0.4, 0.5) is 11.4 Å². The van der Waals surface area contributed by atoms with Crippen molar-refractivity contribution < 1.29 is 9.53 Å². The molecule has 0 saturated heterocycles. The molecule has 0 unspecified atom stereocenters. The molecule has 2 rings (SSSR count). The van der Waals surface area contributed by atoms with Crippen LogP contribution in [0.15, 0.2) is 45.3 Å². The monoisotopic (exact) mass is 412 g/mol. The fourth-order valence-electron chi connectivity index (χ4n) is 1.79. The molecule has 0 aliphatic carbocycles. The molecule has 0 atom stereocenters. The summed E-state index contributed by atoms with van der Waals surface area (Å²) in [4.78, 5) is 12.0. The molecule has 0 bridgehead atoms. The Bertz CT molecular complexity index is 634. The largest absolute Gasteiger partial charge is 0.481 e. The number of halogens is 2. The number of para-hydroxylation sites is 2. The van der Waals surface area contributed by atoms with E-state index in [2.05, 4.69) is 37.2 Å². The molecule has 3 N–H and O–H groups in total. The molecule has 1 amide bonds. The zero-order chi connectivity index (χ0) is 15.4. The molecular formula is C15H14Br2N2O2. The molecule has 0 radical (unpaired) electrons. The smallest absolute Gasteiger partial charge is 0.262 e. The summed E-state index contributed by atoms with van der Waals surface area (Å²) in [6.45, 7) is 1.78. The van der Waals surface area contributed by atoms with Gasteiger partial charge in [-0.1, -0.05) is 18.2 Å². The minimum Gasteiger partial charge on any atom is -0.481 e. The van der Waals surface area contributed by atoms with Crippen molar-refractivity contribution in [3.8, 4) is 5.75 Å². The molecule has 0 saturated carbocycles. The van der Waals surface area contributed by atoms with Crippen LogP contribution >= 0.6 is 31.9 Å². The van der Waals surface area contributed by atoms with E-state index in [0.29, 0.717) is 17.1 Å². The van der Waals surface area contributed by atoms with E-state index in [4.69, 9.17) is 10.5 Å². The van der Waals surface area contributed by atoms with Gasteiger partial charge in [0.1, 0.15) is 5.75 Å². The number of ether oxygens (including phenoxy) is 1. The summed E-state index contributed by atoms with van der Waals surface area (Å²) in [7, 11) is 0. The maximum absolute atomic E-state index is 12.0. The van der Waals surface area contributed by atoms with Crippen molar-refractivity contribution in [1.29, 1.82) is 0 Å². The number of carbonyl (C=O) groups excluding carboxylic acids is 1. The Morgan fingerprint density at radius 3 is 2.43 bits per heavy atom. The molecule has 110 valence electrons. The molecular weight excluding hydrogens is 400 g/mol. The number of anilines is 2. The minimum atomic E-state index is -0.265. The summed E-state index contributed by atoms with van der Waals surface area (Å²) in [6, 6.07) is 11.0. The highest BCUT2D eigenvalue weighted by Crippen LogP contribution is 2.33. The second-order valence-electron chi connectivity index (χ2n) is 4.43. The lowest BCUT2D eigenvalue weighted by Crippen LogP contribution is -2.21. The fourth-order valence-corrected chi connectivity index (χ4v) is 3.02. The van der Waals surface area contributed by atoms with Crippen molar-refractivity contribution in [2.75, 3.05) is 17.7 Å². The highest BCUT2D eigenvalue weighted by Gasteiger charge is 2.11. The molecule has 2 aromatic rings. The van der Waals surface area contributed by atoms with E-state index in [0.717, 1.165) is 14.5 Å². The van der Waals surface area contributed by atoms with Crippen LogP contribution in [-0.2, 0) is 4.79 Å². The van der Waals surface area contributed by atoms with E-state index < -0.39 is 0 Å². The number of rotatable bonds is 4. The Morgan fingerprint density at radius 1 is 1.19 bits per heavy atom. The van der Waals surface area contributed by atoms with Crippen LogP contribution in [0.3, 0.4) is 0 Å². The Hall–Kier alpha value is -1.53. The van der Waals surface area contributed by atoms with Crippen molar-refractivity contribution in [2.45, 2.75) is 6.92 Å². The van der Waals surface area contributed by atoms with Crippen LogP contribution < -0.4 is 15.8 Å². The van der Waals surface area contributed by atoms with E-state index in [1.54, 1.807) is 6.07 Å². The maximum Gasteiger partial charge on any atom is 0.262 e. The minimum absolute atomic E-state index is 0.102. The van der Waals surface area contributed by atoms with E-state index in [1.807, 2.05) is 37.3 Å². The number of nitrogens with one attached hydrogen (secondary N) is 1. The van der Waals surface area contributed by atoms with E-state index >= 15 is 0 Å². The molecule has 0 heterocycles. The molecule has 0 spiro atoms. The third-order valence-electron chi connectivity index (χ3n) is 2.84. The van der Waals surface area contributed by atoms with Gasteiger partial charge >= 0.3 is 0 Å². The number of nitrogen functional groups attached to an aromatic ring is 1. The van der Waals surface area contributed by atoms with Crippen LogP contribution in [0, 0.1) is 6.92 Å². The van der Waals surface area contributed by atoms with Crippen LogP contribution in [0.2, 0.25) is 0 Å². The number of benzene rings is 2. The van der Waals surface area contributed by atoms with Crippen LogP contribution in [0.25, 0.3) is 0 Å². The van der Waals surface area contributed by atoms with Gasteiger partial charge in [0.15, 0.2) is 6.61 Å². The SMILES string of the molecule is Cc1cccc(N)c1NC(=O)COc1c(Br)cccc1Br. The quantitative estimate of drug-likeness (QED) is 0.741. The first-order valence-electron chi connectivity index (χ1n) is 6.21. The number of nitrogens with two attached hydrogens (primary N) is 1. The van der Waals surface area contributed by atoms with Gasteiger partial charge in [-0.05, 0) is 62.5 Å². The van der Waals surface area contributed by atoms with Gasteiger partial charge in [-0.2, -0.15) is 0 Å². The van der Waals surface area contributed by atoms with Gasteiger partial charge < -0.3 is 15.8 Å². The first-order chi connectivity index (χ1) is 9.99. The van der Waals surface area contributed by atoms with Crippen molar-refractivity contribution >= 4 is 49.1 Å². The summed E-state index contributed by atoms with van der Waals surface area (Å²) in [6.07, 6.45) is 0. The Morgan fingerprint density at radius 2 is 1.81 bits per heavy atom. The van der Waals surface area contributed by atoms with E-state index in [1.165, 1.54) is 0 Å². The maximum atomic E-state index is 12.0. The summed E-state index contributed by atoms with van der Waals surface area (Å²) in [5, 5.41) is 2.77. The molecule has 4 nitrogen and oxygen atoms in total. The topological polar surface area (TPSA) is 64.3 Å². The van der Waals surface area contributed by atoms with Gasteiger partial charge in [-0.25, -0.2) is 0 Å². The van der Waals surface area contributed by atoms with Gasteiger partial charge in [-0.15, -0.1) is 0 Å². The van der Waals surface area contributed by atoms with Crippen LogP contribution in [0.5, 0.6) is 5.75 Å². The highest BCUT2D eigenvalue weighted by molar-refractivity contribution is 9.11. The first kappa shape index (κ1) is 15.9. The van der Waals surface area contributed by atoms with Crippen molar-refractivity contribution in [2.24, 2.45) is 0 Å². The summed E-state index contributed by atoms with van der Waals surface area (Å²) in [5.41, 5.74) is 7.92. The Balaban J connectivity index is 2.03. The number of carbonyl (C=O) groups is 1. The first-order valence-corrected chi connectivity index (χ1v) is 7.79. The van der Waals surface area contributed by atoms with Crippen LogP contribution in [-0.4, -0.2) is 12.5 Å². The second-order valence-corrected chi connectivity index (χ2v) is 6.14. The van der Waals surface area contributed by atoms with Crippen LogP contribution in [0.1, 0.15) is 5.56 Å². The predicted molar refractivity (Wildman–Crippen MR) is 91.6 cm³/mol. The summed E-state index contributed by atoms with van der Waals surface area (Å²) >= 11 is 6.76. The average molecular weight is 414 g/mol. The lowest BCUT2D eigenvalue weighted by molar-refractivity contribution is -0.118. The standard InChI is InChI=1S/C15H14Br2N2O2/c1-9-4-2-7-12(18)14(9)19-13(20)8-21-15-10(16)5-3-6-11(15)17/h2-7H,8,18H2,1H3,(H,19,20). The zero-order valence-corrected chi connectivity index (χ0v) is 14.5. The van der Waals surface area contributed by atoms with Crippen molar-refractivity contribution in [1.82, 2.24) is 0 Å². The normalized spacial score (nSPS) is 10.2. The molecule has 0 fully saturated rings. The third-order valence-corrected chi connectivity index (χ3v) is 4.08. The van der Waals surface area contributed by atoms with Gasteiger partial charge in [0.05, 0.1) is 20.3 Å². The Labute approximate surface area is 139 Å². The lowest BCUT2D eigenvalue weighted by Gasteiger charge is -2.13. The molecule has 2 aromatic carbocycles. The Kier molecular flexibility index (Phi) is 5.25. The molecule has 0 aliphatic heterocycles. The van der Waals surface area contributed by atoms with Crippen molar-refractivity contribution in [3.63, 3.8) is 0 Å². The van der Waals surface area contributed by atoms with Gasteiger partial charge in [-0.3, -0.25) is 4.79 Å². The number of aryl methyl sites for hydroxylation is 1. The summed E-state index contributed by atoms with van der Waals surface area (Å²) < 4.78 is 7.09. The van der Waals surface area contributed by atoms with Gasteiger partial charge in [0, 0.05) is 0 Å². The number of amides is 1. The lowest BCUT2D eigenvalue weighted by atomic mass is 10.1. The predicted octanol–water partition coefficient (Wildman–Crippen LogP) is 4.12. The van der Waals surface area contributed by atoms with E-state index in [9.17, 15) is 4.79 Å². The highest BCUT2D eigenvalue weighted by atomic mass is 79.9. The number of hydrogen-bond acceptors (Lipinski definition) is 3. The van der Waals surface area contributed by atoms with Crippen molar-refractivity contribution in [3.05, 3.63) is 50.9 Å². The van der Waals surface area contributed by atoms with E-state index in [-0.39, 0.29) is 12.5 Å². The zero-order valence-electron chi connectivity index (χ0n) is 11.3. The fraction of sp³-hybridized carbons (Fsp3) is 0.133. The summed E-state index contributed by atoms with van der Waals surface area (Å²) in [5.74, 6) is 0.323. The van der Waals surface area contributed by atoms with Gasteiger partial charge in [0.2, 0.25) is 0 Å². The molecule has 0 aromatic heterocycles. The second kappa shape index (κ2) is 6.95.